The maximum Gasteiger partial charge on any atom is 0.316 e. The van der Waals surface area contributed by atoms with Crippen LogP contribution in [0.25, 0.3) is 0 Å². The van der Waals surface area contributed by atoms with E-state index in [1.165, 1.54) is 25.3 Å². The monoisotopic (exact) mass is 434 g/mol. The Morgan fingerprint density at radius 2 is 2.11 bits per heavy atom. The lowest BCUT2D eigenvalue weighted by Gasteiger charge is -2.21. The van der Waals surface area contributed by atoms with Gasteiger partial charge in [0.05, 0.1) is 24.8 Å². The van der Waals surface area contributed by atoms with Gasteiger partial charge in [0.25, 0.3) is 0 Å². The number of hydrogen-bond donors (Lipinski definition) is 1. The second-order valence-corrected chi connectivity index (χ2v) is 9.14. The molecule has 13 heteroatoms. The molecule has 0 unspecified atom stereocenters. The maximum absolute atomic E-state index is 13.4. The SMILES string of the molecule is COC(=O)CSc1nnc(NC(=O)CN(c2cccc(F)c2)S(C)(=O)=O)s1. The van der Waals surface area contributed by atoms with Crippen LogP contribution >= 0.6 is 23.1 Å². The van der Waals surface area contributed by atoms with Crippen molar-refractivity contribution in [2.24, 2.45) is 0 Å². The van der Waals surface area contributed by atoms with Crippen LogP contribution in [-0.4, -0.2) is 56.2 Å². The van der Waals surface area contributed by atoms with E-state index in [0.29, 0.717) is 4.34 Å². The zero-order chi connectivity index (χ0) is 20.0. The van der Waals surface area contributed by atoms with Crippen molar-refractivity contribution < 1.29 is 27.1 Å². The molecule has 0 fully saturated rings. The number of rotatable bonds is 8. The van der Waals surface area contributed by atoms with Gasteiger partial charge in [-0.15, -0.1) is 10.2 Å². The smallest absolute Gasteiger partial charge is 0.316 e. The van der Waals surface area contributed by atoms with Crippen LogP contribution in [0.2, 0.25) is 0 Å². The lowest BCUT2D eigenvalue weighted by Crippen LogP contribution is -2.37. The van der Waals surface area contributed by atoms with Gasteiger partial charge in [-0.25, -0.2) is 12.8 Å². The van der Waals surface area contributed by atoms with Gasteiger partial charge in [-0.3, -0.25) is 19.2 Å². The second kappa shape index (κ2) is 9.10. The third-order valence-electron chi connectivity index (χ3n) is 2.98. The summed E-state index contributed by atoms with van der Waals surface area (Å²) < 4.78 is 43.0. The minimum Gasteiger partial charge on any atom is -0.468 e. The van der Waals surface area contributed by atoms with E-state index in [-0.39, 0.29) is 16.6 Å². The maximum atomic E-state index is 13.4. The highest BCUT2D eigenvalue weighted by Gasteiger charge is 2.22. The molecule has 0 spiro atoms. The Bertz CT molecular complexity index is 934. The van der Waals surface area contributed by atoms with Crippen molar-refractivity contribution in [2.45, 2.75) is 4.34 Å². The molecule has 1 heterocycles. The van der Waals surface area contributed by atoms with E-state index >= 15 is 0 Å². The van der Waals surface area contributed by atoms with Gasteiger partial charge in [0.1, 0.15) is 12.4 Å². The van der Waals surface area contributed by atoms with Crippen molar-refractivity contribution in [1.82, 2.24) is 10.2 Å². The lowest BCUT2D eigenvalue weighted by molar-refractivity contribution is -0.137. The van der Waals surface area contributed by atoms with Crippen LogP contribution in [0, 0.1) is 5.82 Å². The summed E-state index contributed by atoms with van der Waals surface area (Å²) in [5.74, 6) is -1.69. The van der Waals surface area contributed by atoms with Crippen LogP contribution in [0.3, 0.4) is 0 Å². The van der Waals surface area contributed by atoms with Crippen LogP contribution in [0.1, 0.15) is 0 Å². The van der Waals surface area contributed by atoms with E-state index < -0.39 is 34.3 Å². The van der Waals surface area contributed by atoms with Crippen LogP contribution in [0.4, 0.5) is 15.2 Å². The van der Waals surface area contributed by atoms with Crippen molar-refractivity contribution in [3.05, 3.63) is 30.1 Å². The Morgan fingerprint density at radius 1 is 1.37 bits per heavy atom. The molecule has 0 saturated carbocycles. The Morgan fingerprint density at radius 3 is 2.74 bits per heavy atom. The number of methoxy groups -OCH3 is 1. The lowest BCUT2D eigenvalue weighted by atomic mass is 10.3. The zero-order valence-corrected chi connectivity index (χ0v) is 16.7. The fourth-order valence-corrected chi connectivity index (χ4v) is 4.27. The zero-order valence-electron chi connectivity index (χ0n) is 14.2. The third kappa shape index (κ3) is 6.45. The van der Waals surface area contributed by atoms with E-state index in [1.807, 2.05) is 0 Å². The van der Waals surface area contributed by atoms with Gasteiger partial charge >= 0.3 is 5.97 Å². The summed E-state index contributed by atoms with van der Waals surface area (Å²) in [5.41, 5.74) is 0.0271. The number of anilines is 2. The van der Waals surface area contributed by atoms with Gasteiger partial charge < -0.3 is 4.74 Å². The van der Waals surface area contributed by atoms with Gasteiger partial charge in [-0.05, 0) is 18.2 Å². The van der Waals surface area contributed by atoms with Gasteiger partial charge in [0.15, 0.2) is 4.34 Å². The molecule has 0 aliphatic carbocycles. The van der Waals surface area contributed by atoms with Crippen molar-refractivity contribution in [3.63, 3.8) is 0 Å². The number of esters is 1. The predicted octanol–water partition coefficient (Wildman–Crippen LogP) is 1.35. The minimum atomic E-state index is -3.82. The van der Waals surface area contributed by atoms with E-state index in [1.54, 1.807) is 0 Å². The fraction of sp³-hybridized carbons (Fsp3) is 0.286. The van der Waals surface area contributed by atoms with Crippen LogP contribution in [-0.2, 0) is 24.3 Å². The summed E-state index contributed by atoms with van der Waals surface area (Å²) in [6.45, 7) is -0.563. The second-order valence-electron chi connectivity index (χ2n) is 5.04. The highest BCUT2D eigenvalue weighted by Crippen LogP contribution is 2.25. The average Bonchev–Trinajstić information content (AvgIpc) is 3.03. The molecule has 146 valence electrons. The number of amides is 1. The molecule has 1 aromatic carbocycles. The normalized spacial score (nSPS) is 11.1. The third-order valence-corrected chi connectivity index (χ3v) is 6.06. The first-order valence-electron chi connectivity index (χ1n) is 7.25. The molecule has 1 amide bonds. The molecule has 2 aromatic rings. The Kier molecular flexibility index (Phi) is 7.10. The molecule has 0 aliphatic rings. The minimum absolute atomic E-state index is 0.0271. The quantitative estimate of drug-likeness (QED) is 0.376. The summed E-state index contributed by atoms with van der Waals surface area (Å²) in [6, 6.07) is 4.90. The molecule has 27 heavy (non-hydrogen) atoms. The van der Waals surface area contributed by atoms with Gasteiger partial charge in [0.2, 0.25) is 21.1 Å². The number of halogens is 1. The molecule has 1 aromatic heterocycles. The number of carbonyl (C=O) groups excluding carboxylic acids is 2. The molecule has 2 rings (SSSR count). The number of thioether (sulfide) groups is 1. The first kappa shape index (κ1) is 21.1. The van der Waals surface area contributed by atoms with Crippen molar-refractivity contribution in [1.29, 1.82) is 0 Å². The number of hydrogen-bond acceptors (Lipinski definition) is 9. The van der Waals surface area contributed by atoms with E-state index in [0.717, 1.165) is 39.7 Å². The Labute approximate surface area is 163 Å². The van der Waals surface area contributed by atoms with Crippen LogP contribution in [0.5, 0.6) is 0 Å². The molecule has 0 aliphatic heterocycles. The predicted molar refractivity (Wildman–Crippen MR) is 99.9 cm³/mol. The van der Waals surface area contributed by atoms with E-state index in [2.05, 4.69) is 20.3 Å². The summed E-state index contributed by atoms with van der Waals surface area (Å²) in [5, 5.41) is 10.1. The standard InChI is InChI=1S/C14H15FN4O5S3/c1-24-12(21)8-25-14-18-17-13(26-14)16-11(20)7-19(27(2,22)23)10-5-3-4-9(15)6-10/h3-6H,7-8H2,1-2H3,(H,16,17,20). The summed E-state index contributed by atoms with van der Waals surface area (Å²) in [4.78, 5) is 23.3. The summed E-state index contributed by atoms with van der Waals surface area (Å²) in [7, 11) is -2.56. The molecule has 9 nitrogen and oxygen atoms in total. The average molecular weight is 434 g/mol. The number of sulfonamides is 1. The Hall–Kier alpha value is -2.25. The number of nitrogens with zero attached hydrogens (tertiary/aromatic N) is 3. The molecule has 0 atom stereocenters. The molecule has 0 bridgehead atoms. The van der Waals surface area contributed by atoms with Crippen molar-refractivity contribution >= 4 is 55.8 Å². The van der Waals surface area contributed by atoms with Crippen LogP contribution < -0.4 is 9.62 Å². The topological polar surface area (TPSA) is 119 Å². The molecular formula is C14H15FN4O5S3. The number of aromatic nitrogens is 2. The van der Waals surface area contributed by atoms with Crippen molar-refractivity contribution in [3.8, 4) is 0 Å². The number of ether oxygens (including phenoxy) is 1. The van der Waals surface area contributed by atoms with Gasteiger partial charge in [0, 0.05) is 0 Å². The van der Waals surface area contributed by atoms with E-state index in [9.17, 15) is 22.4 Å². The van der Waals surface area contributed by atoms with Gasteiger partial charge in [-0.1, -0.05) is 29.2 Å². The number of nitrogens with one attached hydrogen (secondary N) is 1. The van der Waals surface area contributed by atoms with E-state index in [4.69, 9.17) is 0 Å². The largest absolute Gasteiger partial charge is 0.468 e. The highest BCUT2D eigenvalue weighted by atomic mass is 32.2. The van der Waals surface area contributed by atoms with Gasteiger partial charge in [-0.2, -0.15) is 0 Å². The van der Waals surface area contributed by atoms with Crippen LogP contribution in [0.15, 0.2) is 28.6 Å². The Balaban J connectivity index is 2.04. The molecule has 0 saturated heterocycles. The summed E-state index contributed by atoms with van der Waals surface area (Å²) in [6.07, 6.45) is 0.914. The molecule has 1 N–H and O–H groups in total. The molecular weight excluding hydrogens is 419 g/mol. The summed E-state index contributed by atoms with van der Waals surface area (Å²) >= 11 is 2.11. The number of carbonyl (C=O) groups is 2. The van der Waals surface area contributed by atoms with Crippen molar-refractivity contribution in [2.75, 3.05) is 35.3 Å². The fourth-order valence-electron chi connectivity index (χ4n) is 1.82. The molecule has 0 radical (unpaired) electrons. The first-order chi connectivity index (χ1) is 12.7. The highest BCUT2D eigenvalue weighted by molar-refractivity contribution is 8.01. The first-order valence-corrected chi connectivity index (χ1v) is 10.9. The number of benzene rings is 1.